The number of fused-ring (bicyclic) bond motifs is 2. The molecule has 1 amide bonds. The van der Waals surface area contributed by atoms with Crippen molar-refractivity contribution >= 4 is 5.91 Å². The summed E-state index contributed by atoms with van der Waals surface area (Å²) in [6.45, 7) is 3.52. The first kappa shape index (κ1) is 18.5. The molecule has 152 valence electrons. The van der Waals surface area contributed by atoms with Gasteiger partial charge in [-0.25, -0.2) is 15.4 Å². The van der Waals surface area contributed by atoms with Crippen LogP contribution in [0.5, 0.6) is 0 Å². The van der Waals surface area contributed by atoms with Gasteiger partial charge >= 0.3 is 0 Å². The fraction of sp³-hybridized carbons (Fsp3) is 0.762. The number of rotatable bonds is 2. The Kier molecular flexibility index (Phi) is 5.30. The molecule has 1 saturated carbocycles. The SMILES string of the molecule is O=C(C1NNC2CCCCCC21)N1CCC(c2ncc3c(n2)CCNC3)CC1. The molecule has 4 heterocycles. The molecule has 0 aromatic carbocycles. The van der Waals surface area contributed by atoms with Gasteiger partial charge in [-0.15, -0.1) is 0 Å². The highest BCUT2D eigenvalue weighted by molar-refractivity contribution is 5.82. The highest BCUT2D eigenvalue weighted by atomic mass is 16.2. The number of carbonyl (C=O) groups excluding carboxylic acids is 1. The third-order valence-corrected chi connectivity index (χ3v) is 7.19. The molecule has 7 nitrogen and oxygen atoms in total. The van der Waals surface area contributed by atoms with E-state index in [-0.39, 0.29) is 11.9 Å². The second-order valence-corrected chi connectivity index (χ2v) is 8.90. The van der Waals surface area contributed by atoms with Crippen molar-refractivity contribution in [3.05, 3.63) is 23.3 Å². The van der Waals surface area contributed by atoms with Crippen LogP contribution >= 0.6 is 0 Å². The van der Waals surface area contributed by atoms with Crippen molar-refractivity contribution < 1.29 is 4.79 Å². The van der Waals surface area contributed by atoms with Crippen molar-refractivity contribution in [1.82, 2.24) is 31.0 Å². The molecule has 3 fully saturated rings. The molecule has 0 spiro atoms. The lowest BCUT2D eigenvalue weighted by atomic mass is 9.88. The summed E-state index contributed by atoms with van der Waals surface area (Å²) in [7, 11) is 0. The van der Waals surface area contributed by atoms with Gasteiger partial charge in [0.05, 0.1) is 0 Å². The highest BCUT2D eigenvalue weighted by Gasteiger charge is 2.42. The standard InChI is InChI=1S/C21H32N6O/c28-21(19-16-4-2-1-3-5-18(16)25-26-19)27-10-7-14(8-11-27)20-23-13-15-12-22-9-6-17(15)24-20/h13-14,16,18-19,22,25-26H,1-12H2. The average molecular weight is 385 g/mol. The predicted molar refractivity (Wildman–Crippen MR) is 106 cm³/mol. The summed E-state index contributed by atoms with van der Waals surface area (Å²) in [5.74, 6) is 2.10. The van der Waals surface area contributed by atoms with Crippen LogP contribution in [0.2, 0.25) is 0 Å². The maximum absolute atomic E-state index is 13.2. The first-order chi connectivity index (χ1) is 13.8. The quantitative estimate of drug-likeness (QED) is 0.712. The number of hydrogen-bond acceptors (Lipinski definition) is 6. The topological polar surface area (TPSA) is 82.2 Å². The van der Waals surface area contributed by atoms with Gasteiger partial charge in [0.2, 0.25) is 5.91 Å². The fourth-order valence-electron chi connectivity index (χ4n) is 5.47. The van der Waals surface area contributed by atoms with E-state index in [4.69, 9.17) is 4.98 Å². The van der Waals surface area contributed by atoms with Gasteiger partial charge in [-0.05, 0) is 25.7 Å². The molecule has 7 heteroatoms. The molecular formula is C21H32N6O. The molecule has 28 heavy (non-hydrogen) atoms. The molecule has 1 aromatic heterocycles. The minimum absolute atomic E-state index is 0.0489. The largest absolute Gasteiger partial charge is 0.341 e. The van der Waals surface area contributed by atoms with Crippen LogP contribution in [-0.2, 0) is 17.8 Å². The second kappa shape index (κ2) is 8.05. The predicted octanol–water partition coefficient (Wildman–Crippen LogP) is 1.25. The number of likely N-dealkylation sites (tertiary alicyclic amines) is 1. The molecular weight excluding hydrogens is 352 g/mol. The summed E-state index contributed by atoms with van der Waals surface area (Å²) >= 11 is 0. The van der Waals surface area contributed by atoms with E-state index in [9.17, 15) is 4.79 Å². The monoisotopic (exact) mass is 384 g/mol. The van der Waals surface area contributed by atoms with Gasteiger partial charge in [0.25, 0.3) is 0 Å². The van der Waals surface area contributed by atoms with Crippen molar-refractivity contribution in [2.75, 3.05) is 19.6 Å². The maximum atomic E-state index is 13.2. The molecule has 3 aliphatic heterocycles. The lowest BCUT2D eigenvalue weighted by molar-refractivity contribution is -0.135. The van der Waals surface area contributed by atoms with Gasteiger partial charge in [0, 0.05) is 67.9 Å². The van der Waals surface area contributed by atoms with Crippen molar-refractivity contribution in [3.63, 3.8) is 0 Å². The molecule has 5 rings (SSSR count). The Morgan fingerprint density at radius 2 is 1.93 bits per heavy atom. The Labute approximate surface area is 167 Å². The first-order valence-electron chi connectivity index (χ1n) is 11.1. The van der Waals surface area contributed by atoms with E-state index in [1.165, 1.54) is 36.9 Å². The Balaban J connectivity index is 1.20. The third kappa shape index (κ3) is 3.55. The van der Waals surface area contributed by atoms with Crippen molar-refractivity contribution in [2.24, 2.45) is 5.92 Å². The number of nitrogens with zero attached hydrogens (tertiary/aromatic N) is 3. The summed E-state index contributed by atoms with van der Waals surface area (Å²) in [4.78, 5) is 24.8. The van der Waals surface area contributed by atoms with Crippen LogP contribution < -0.4 is 16.2 Å². The van der Waals surface area contributed by atoms with Crippen LogP contribution in [0.1, 0.15) is 67.9 Å². The highest BCUT2D eigenvalue weighted by Crippen LogP contribution is 2.32. The molecule has 2 saturated heterocycles. The van der Waals surface area contributed by atoms with Crippen molar-refractivity contribution in [2.45, 2.75) is 75.9 Å². The smallest absolute Gasteiger partial charge is 0.241 e. The average Bonchev–Trinajstić information content (AvgIpc) is 3.01. The van der Waals surface area contributed by atoms with Gasteiger partial charge in [-0.1, -0.05) is 19.3 Å². The minimum atomic E-state index is -0.0489. The number of hydrogen-bond donors (Lipinski definition) is 3. The molecule has 3 atom stereocenters. The Morgan fingerprint density at radius 1 is 1.07 bits per heavy atom. The van der Waals surface area contributed by atoms with E-state index in [0.717, 1.165) is 57.7 Å². The number of aromatic nitrogens is 2. The van der Waals surface area contributed by atoms with Gasteiger partial charge in [-0.2, -0.15) is 0 Å². The summed E-state index contributed by atoms with van der Waals surface area (Å²) in [5.41, 5.74) is 9.19. The fourth-order valence-corrected chi connectivity index (χ4v) is 5.47. The normalized spacial score (nSPS) is 31.1. The molecule has 1 aromatic rings. The third-order valence-electron chi connectivity index (χ3n) is 7.19. The van der Waals surface area contributed by atoms with E-state index >= 15 is 0 Å². The molecule has 0 bridgehead atoms. The number of amides is 1. The molecule has 3 unspecified atom stereocenters. The van der Waals surface area contributed by atoms with Gasteiger partial charge < -0.3 is 10.2 Å². The molecule has 4 aliphatic rings. The van der Waals surface area contributed by atoms with Crippen LogP contribution in [-0.4, -0.2) is 52.5 Å². The van der Waals surface area contributed by atoms with E-state index in [1.807, 2.05) is 6.20 Å². The van der Waals surface area contributed by atoms with E-state index in [1.54, 1.807) is 0 Å². The summed E-state index contributed by atoms with van der Waals surface area (Å²) in [6.07, 6.45) is 11.1. The lowest BCUT2D eigenvalue weighted by Gasteiger charge is -2.34. The lowest BCUT2D eigenvalue weighted by Crippen LogP contribution is -2.50. The van der Waals surface area contributed by atoms with Crippen LogP contribution in [0.25, 0.3) is 0 Å². The number of nitrogens with one attached hydrogen (secondary N) is 3. The minimum Gasteiger partial charge on any atom is -0.341 e. The van der Waals surface area contributed by atoms with Gasteiger partial charge in [0.15, 0.2) is 0 Å². The molecule has 0 radical (unpaired) electrons. The molecule has 1 aliphatic carbocycles. The van der Waals surface area contributed by atoms with Gasteiger partial charge in [0.1, 0.15) is 11.9 Å². The second-order valence-electron chi connectivity index (χ2n) is 8.90. The molecule has 3 N–H and O–H groups in total. The van der Waals surface area contributed by atoms with E-state index < -0.39 is 0 Å². The summed E-state index contributed by atoms with van der Waals surface area (Å²) < 4.78 is 0. The number of carbonyl (C=O) groups is 1. The van der Waals surface area contributed by atoms with Gasteiger partial charge in [-0.3, -0.25) is 10.2 Å². The summed E-state index contributed by atoms with van der Waals surface area (Å²) in [5, 5.41) is 3.37. The first-order valence-corrected chi connectivity index (χ1v) is 11.1. The zero-order chi connectivity index (χ0) is 18.9. The zero-order valence-electron chi connectivity index (χ0n) is 16.6. The zero-order valence-corrected chi connectivity index (χ0v) is 16.6. The summed E-state index contributed by atoms with van der Waals surface area (Å²) in [6, 6.07) is 0.416. The Morgan fingerprint density at radius 3 is 2.82 bits per heavy atom. The van der Waals surface area contributed by atoms with Crippen molar-refractivity contribution in [1.29, 1.82) is 0 Å². The van der Waals surface area contributed by atoms with Crippen LogP contribution in [0.3, 0.4) is 0 Å². The van der Waals surface area contributed by atoms with E-state index in [0.29, 0.717) is 17.9 Å². The van der Waals surface area contributed by atoms with Crippen molar-refractivity contribution in [3.8, 4) is 0 Å². The Bertz CT molecular complexity index is 717. The number of piperidine rings is 1. The van der Waals surface area contributed by atoms with E-state index in [2.05, 4.69) is 26.1 Å². The van der Waals surface area contributed by atoms with Crippen LogP contribution in [0.15, 0.2) is 6.20 Å². The number of hydrazine groups is 1. The maximum Gasteiger partial charge on any atom is 0.241 e. The van der Waals surface area contributed by atoms with Crippen LogP contribution in [0.4, 0.5) is 0 Å². The Hall–Kier alpha value is -1.57. The van der Waals surface area contributed by atoms with Crippen LogP contribution in [0, 0.1) is 5.92 Å².